The van der Waals surface area contributed by atoms with Crippen LogP contribution in [-0.2, 0) is 55.7 Å². The number of fused-ring (bicyclic) bond motifs is 6. The SMILES string of the molecule is CC[C@]1(O)C[C@H]2CN(CCc3c([nH]c4ccccc34)[C@@](C(=O)OC)(c3cc4c(cc3OC)N(C=O)[C@H]3C(O)(C(=O)OC)[C@H](O)[C@@]5(CC)C=CCN6CC[C@@]43[C@@H]65)C2)C1.COS(=O)(=O)O. The molecule has 2 aromatic carbocycles. The molecule has 1 aromatic heterocycles. The highest BCUT2D eigenvalue weighted by molar-refractivity contribution is 7.80. The zero-order valence-electron chi connectivity index (χ0n) is 36.5. The zero-order valence-corrected chi connectivity index (χ0v) is 37.3. The molecule has 18 heteroatoms. The van der Waals surface area contributed by atoms with E-state index in [0.717, 1.165) is 23.6 Å². The van der Waals surface area contributed by atoms with Crippen LogP contribution in [0, 0.1) is 11.3 Å². The number of piperidine rings is 1. The van der Waals surface area contributed by atoms with E-state index >= 15 is 4.79 Å². The maximum Gasteiger partial charge on any atom is 0.397 e. The van der Waals surface area contributed by atoms with Crippen LogP contribution in [0.3, 0.4) is 0 Å². The van der Waals surface area contributed by atoms with Gasteiger partial charge in [0.25, 0.3) is 0 Å². The van der Waals surface area contributed by atoms with Crippen LogP contribution in [0.4, 0.5) is 5.69 Å². The van der Waals surface area contributed by atoms with Crippen molar-refractivity contribution < 1.29 is 61.1 Å². The van der Waals surface area contributed by atoms with Crippen molar-refractivity contribution in [3.05, 3.63) is 70.9 Å². The molecule has 2 unspecified atom stereocenters. The van der Waals surface area contributed by atoms with Crippen molar-refractivity contribution in [2.24, 2.45) is 11.3 Å². The maximum absolute atomic E-state index is 15.2. The Morgan fingerprint density at radius 1 is 0.968 bits per heavy atom. The Balaban J connectivity index is 0.000000849. The standard InChI is InChI=1S/C44H54N4O9.CH4O4S/c1-6-40(53)21-26-22-43(38(51)56-4,34-28(13-17-46(23-26)24-40)27-11-8-9-12-31(27)45-34)30-19-29-32(20-33(30)55-3)48(25-49)36-42(29)15-18-47-16-10-14-41(7-2,35(42)47)37(50)44(36,54)39(52)57-5;1-5-6(2,3)4/h8-12,14,19-20,25-26,35-37,45,50,53-54H,6-7,13,15-18,21-24H2,1-5H3;1H3,(H,2,3,4)/t26-,35+,36-,37-,40+,41+,42+,43+,44?;/m1./s1. The number of aliphatic hydroxyl groups excluding tert-OH is 1. The van der Waals surface area contributed by atoms with Crippen molar-refractivity contribution >= 4 is 45.3 Å². The second-order valence-electron chi connectivity index (χ2n) is 18.1. The van der Waals surface area contributed by atoms with Gasteiger partial charge in [0.1, 0.15) is 17.3 Å². The Bertz CT molecular complexity index is 2460. The van der Waals surface area contributed by atoms with Crippen molar-refractivity contribution in [3.63, 3.8) is 0 Å². The summed E-state index contributed by atoms with van der Waals surface area (Å²) >= 11 is 0. The van der Waals surface area contributed by atoms with Crippen LogP contribution < -0.4 is 9.64 Å². The van der Waals surface area contributed by atoms with Gasteiger partial charge in [-0.3, -0.25) is 28.1 Å². The molecule has 5 aliphatic heterocycles. The number of hydrogen-bond donors (Lipinski definition) is 5. The average Bonchev–Trinajstić information content (AvgIpc) is 3.96. The molecular weight excluding hydrogens is 837 g/mol. The first kappa shape index (κ1) is 45.2. The van der Waals surface area contributed by atoms with Gasteiger partial charge < -0.3 is 39.4 Å². The average molecular weight is 895 g/mol. The first-order valence-corrected chi connectivity index (χ1v) is 22.8. The van der Waals surface area contributed by atoms with Crippen LogP contribution in [-0.4, -0.2) is 152 Å². The van der Waals surface area contributed by atoms with Gasteiger partial charge in [-0.15, -0.1) is 0 Å². The molecule has 3 fully saturated rings. The molecule has 3 aromatic rings. The highest BCUT2D eigenvalue weighted by Gasteiger charge is 2.79. The number of rotatable bonds is 8. The first-order valence-electron chi connectivity index (χ1n) is 21.5. The number of aromatic amines is 1. The third kappa shape index (κ3) is 6.42. The number of benzene rings is 2. The molecule has 1 saturated carbocycles. The van der Waals surface area contributed by atoms with Crippen LogP contribution in [0.5, 0.6) is 5.75 Å². The van der Waals surface area contributed by atoms with Gasteiger partial charge in [0.2, 0.25) is 12.0 Å². The number of amides is 1. The fourth-order valence-electron chi connectivity index (χ4n) is 13.0. The summed E-state index contributed by atoms with van der Waals surface area (Å²) in [5.41, 5.74) is -2.95. The van der Waals surface area contributed by atoms with Gasteiger partial charge in [-0.25, -0.2) is 4.79 Å². The normalized spacial score (nSPS) is 35.4. The fraction of sp³-hybridized carbons (Fsp3) is 0.578. The summed E-state index contributed by atoms with van der Waals surface area (Å²) in [6, 6.07) is 10.1. The number of aliphatic hydroxyl groups is 3. The third-order valence-corrected chi connectivity index (χ3v) is 15.9. The molecule has 6 heterocycles. The topological polar surface area (TPSA) is 229 Å². The van der Waals surface area contributed by atoms with Crippen LogP contribution >= 0.6 is 0 Å². The van der Waals surface area contributed by atoms with Gasteiger partial charge in [0.05, 0.1) is 45.8 Å². The van der Waals surface area contributed by atoms with E-state index < -0.39 is 68.0 Å². The van der Waals surface area contributed by atoms with Crippen molar-refractivity contribution in [3.8, 4) is 5.75 Å². The second kappa shape index (κ2) is 15.9. The lowest BCUT2D eigenvalue weighted by Gasteiger charge is -2.62. The fourth-order valence-corrected chi connectivity index (χ4v) is 13.0. The van der Waals surface area contributed by atoms with Gasteiger partial charge in [0.15, 0.2) is 0 Å². The Morgan fingerprint density at radius 2 is 1.68 bits per heavy atom. The summed E-state index contributed by atoms with van der Waals surface area (Å²) in [7, 11) is 0.813. The highest BCUT2D eigenvalue weighted by Crippen LogP contribution is 2.68. The molecule has 9 rings (SSSR count). The number of para-hydroxylation sites is 1. The van der Waals surface area contributed by atoms with E-state index in [9.17, 15) is 33.3 Å². The van der Waals surface area contributed by atoms with Crippen molar-refractivity contribution in [1.29, 1.82) is 0 Å². The number of ether oxygens (including phenoxy) is 3. The van der Waals surface area contributed by atoms with Crippen molar-refractivity contribution in [1.82, 2.24) is 14.8 Å². The number of aromatic nitrogens is 1. The minimum Gasteiger partial charge on any atom is -0.496 e. The van der Waals surface area contributed by atoms with Gasteiger partial charge in [-0.2, -0.15) is 8.42 Å². The Kier molecular flexibility index (Phi) is 11.4. The first-order chi connectivity index (χ1) is 29.9. The molecule has 2 saturated heterocycles. The number of esters is 2. The molecule has 63 heavy (non-hydrogen) atoms. The molecule has 1 spiro atoms. The molecule has 1 amide bonds. The number of carbonyl (C=O) groups excluding carboxylic acids is 3. The molecule has 6 aliphatic rings. The Morgan fingerprint density at radius 3 is 2.32 bits per heavy atom. The highest BCUT2D eigenvalue weighted by atomic mass is 32.3. The quantitative estimate of drug-likeness (QED) is 0.0947. The number of carbonyl (C=O) groups is 3. The number of nitrogens with zero attached hydrogens (tertiary/aromatic N) is 3. The molecule has 2 bridgehead atoms. The molecular formula is C45H58N4O13S. The molecule has 17 nitrogen and oxygen atoms in total. The maximum atomic E-state index is 15.2. The number of H-pyrrole nitrogens is 1. The predicted octanol–water partition coefficient (Wildman–Crippen LogP) is 2.38. The Hall–Kier alpha value is -4.40. The largest absolute Gasteiger partial charge is 0.496 e. The van der Waals surface area contributed by atoms with Crippen molar-refractivity contribution in [2.45, 2.75) is 92.6 Å². The second-order valence-corrected chi connectivity index (χ2v) is 19.3. The number of anilines is 1. The zero-order chi connectivity index (χ0) is 45.5. The van der Waals surface area contributed by atoms with Crippen LogP contribution in [0.1, 0.15) is 68.3 Å². The lowest BCUT2D eigenvalue weighted by molar-refractivity contribution is -0.218. The number of methoxy groups -OCH3 is 3. The van der Waals surface area contributed by atoms with Gasteiger partial charge in [0, 0.05) is 71.3 Å². The van der Waals surface area contributed by atoms with Crippen LogP contribution in [0.25, 0.3) is 10.9 Å². The minimum absolute atomic E-state index is 0.136. The van der Waals surface area contributed by atoms with Gasteiger partial charge in [-0.1, -0.05) is 44.2 Å². The lowest BCUT2D eigenvalue weighted by atomic mass is 9.47. The number of nitrogens with one attached hydrogen (secondary N) is 1. The molecule has 0 radical (unpaired) electrons. The summed E-state index contributed by atoms with van der Waals surface area (Å²) in [4.78, 5) is 52.5. The van der Waals surface area contributed by atoms with Crippen molar-refractivity contribution in [2.75, 3.05) is 66.1 Å². The third-order valence-electron chi connectivity index (χ3n) is 15.5. The van der Waals surface area contributed by atoms with E-state index in [4.69, 9.17) is 18.8 Å². The molecule has 342 valence electrons. The van der Waals surface area contributed by atoms with E-state index in [-0.39, 0.29) is 12.3 Å². The number of hydrogen-bond acceptors (Lipinski definition) is 14. The smallest absolute Gasteiger partial charge is 0.397 e. The summed E-state index contributed by atoms with van der Waals surface area (Å²) in [5.74, 6) is -1.33. The molecule has 5 N–H and O–H groups in total. The van der Waals surface area contributed by atoms with Crippen LogP contribution in [0.2, 0.25) is 0 Å². The minimum atomic E-state index is -4.16. The van der Waals surface area contributed by atoms with E-state index in [1.807, 2.05) is 50.3 Å². The summed E-state index contributed by atoms with van der Waals surface area (Å²) in [6.07, 6.45) is 5.71. The summed E-state index contributed by atoms with van der Waals surface area (Å²) < 4.78 is 47.1. The summed E-state index contributed by atoms with van der Waals surface area (Å²) in [5, 5.41) is 38.2. The molecule has 10 atom stereocenters. The monoisotopic (exact) mass is 894 g/mol. The lowest BCUT2D eigenvalue weighted by Crippen LogP contribution is -2.81. The van der Waals surface area contributed by atoms with Gasteiger partial charge >= 0.3 is 22.3 Å². The van der Waals surface area contributed by atoms with E-state index in [2.05, 4.69) is 25.0 Å². The van der Waals surface area contributed by atoms with E-state index in [0.29, 0.717) is 99.5 Å². The summed E-state index contributed by atoms with van der Waals surface area (Å²) in [6.45, 7) is 7.01. The van der Waals surface area contributed by atoms with E-state index in [1.165, 1.54) is 26.2 Å². The van der Waals surface area contributed by atoms with Gasteiger partial charge in [-0.05, 0) is 74.2 Å². The Labute approximate surface area is 366 Å². The van der Waals surface area contributed by atoms with Crippen LogP contribution in [0.15, 0.2) is 48.6 Å². The van der Waals surface area contributed by atoms with E-state index in [1.54, 1.807) is 6.07 Å². The predicted molar refractivity (Wildman–Crippen MR) is 230 cm³/mol. The molecule has 1 aliphatic carbocycles.